The molecule has 4 nitrogen and oxygen atoms in total. The average molecular weight is 380 g/mol. The average Bonchev–Trinajstić information content (AvgIpc) is 2.53. The molecular weight excluding hydrogens is 367 g/mol. The minimum Gasteiger partial charge on any atom is -0.497 e. The van der Waals surface area contributed by atoms with Gasteiger partial charge in [-0.15, -0.1) is 0 Å². The van der Waals surface area contributed by atoms with E-state index in [0.717, 1.165) is 19.2 Å². The number of sulfonamides is 1. The van der Waals surface area contributed by atoms with Crippen LogP contribution in [0.3, 0.4) is 0 Å². The third-order valence-electron chi connectivity index (χ3n) is 3.33. The minimum absolute atomic E-state index is 0.0979. The number of halogens is 4. The van der Waals surface area contributed by atoms with Crippen LogP contribution in [0.5, 0.6) is 5.75 Å². The molecule has 0 aliphatic rings. The van der Waals surface area contributed by atoms with Gasteiger partial charge < -0.3 is 4.74 Å². The number of nitrogens with zero attached hydrogens (tertiary/aromatic N) is 1. The summed E-state index contributed by atoms with van der Waals surface area (Å²) in [5.74, 6) is 0.453. The first-order valence-electron chi connectivity index (χ1n) is 6.57. The summed E-state index contributed by atoms with van der Waals surface area (Å²) in [5, 5.41) is -0.109. The lowest BCUT2D eigenvalue weighted by Crippen LogP contribution is -2.27. The summed E-state index contributed by atoms with van der Waals surface area (Å²) < 4.78 is 69.4. The Hall–Kier alpha value is -1.93. The smallest absolute Gasteiger partial charge is 0.416 e. The molecule has 0 saturated carbocycles. The van der Waals surface area contributed by atoms with Crippen LogP contribution >= 0.6 is 11.6 Å². The number of alkyl halides is 3. The summed E-state index contributed by atoms with van der Waals surface area (Å²) in [4.78, 5) is -0.0979. The monoisotopic (exact) mass is 379 g/mol. The first kappa shape index (κ1) is 18.4. The second-order valence-electron chi connectivity index (χ2n) is 4.81. The minimum atomic E-state index is -4.61. The molecule has 24 heavy (non-hydrogen) atoms. The maximum Gasteiger partial charge on any atom is 0.416 e. The molecule has 0 aliphatic carbocycles. The van der Waals surface area contributed by atoms with Crippen molar-refractivity contribution in [1.29, 1.82) is 0 Å². The first-order chi connectivity index (χ1) is 11.1. The van der Waals surface area contributed by atoms with E-state index in [4.69, 9.17) is 16.3 Å². The molecule has 130 valence electrons. The van der Waals surface area contributed by atoms with Crippen LogP contribution in [0.1, 0.15) is 5.56 Å². The van der Waals surface area contributed by atoms with Crippen molar-refractivity contribution in [1.82, 2.24) is 0 Å². The first-order valence-corrected chi connectivity index (χ1v) is 8.39. The van der Waals surface area contributed by atoms with E-state index in [9.17, 15) is 21.6 Å². The van der Waals surface area contributed by atoms with Crippen molar-refractivity contribution in [2.45, 2.75) is 11.1 Å². The lowest BCUT2D eigenvalue weighted by Gasteiger charge is -2.22. The summed E-state index contributed by atoms with van der Waals surface area (Å²) in [6.07, 6.45) is -4.61. The summed E-state index contributed by atoms with van der Waals surface area (Å²) in [7, 11) is -1.51. The molecular formula is C15H13ClF3NO3S. The molecule has 0 aliphatic heterocycles. The van der Waals surface area contributed by atoms with Gasteiger partial charge in [0.05, 0.1) is 28.3 Å². The van der Waals surface area contributed by atoms with E-state index in [1.165, 1.54) is 31.4 Å². The molecule has 0 spiro atoms. The van der Waals surface area contributed by atoms with Gasteiger partial charge in [0.25, 0.3) is 10.0 Å². The summed E-state index contributed by atoms with van der Waals surface area (Å²) >= 11 is 5.89. The van der Waals surface area contributed by atoms with Crippen LogP contribution in [0.2, 0.25) is 5.02 Å². The van der Waals surface area contributed by atoms with Crippen molar-refractivity contribution in [3.8, 4) is 5.75 Å². The van der Waals surface area contributed by atoms with Crippen LogP contribution in [0.15, 0.2) is 47.4 Å². The Labute approximate surface area is 142 Å². The van der Waals surface area contributed by atoms with Gasteiger partial charge in [0, 0.05) is 7.05 Å². The molecule has 0 saturated heterocycles. The molecule has 0 atom stereocenters. The molecule has 2 aromatic carbocycles. The summed E-state index contributed by atoms with van der Waals surface area (Å²) in [5.41, 5.74) is -1.25. The third-order valence-corrected chi connectivity index (χ3v) is 5.44. The molecule has 0 bridgehead atoms. The van der Waals surface area contributed by atoms with Gasteiger partial charge in [-0.1, -0.05) is 11.6 Å². The van der Waals surface area contributed by atoms with Gasteiger partial charge in [-0.25, -0.2) is 8.42 Å². The number of hydrogen-bond donors (Lipinski definition) is 0. The van der Waals surface area contributed by atoms with Crippen molar-refractivity contribution in [3.05, 3.63) is 53.1 Å². The van der Waals surface area contributed by atoms with Gasteiger partial charge in [0.15, 0.2) is 0 Å². The van der Waals surface area contributed by atoms with Crippen molar-refractivity contribution in [2.75, 3.05) is 18.5 Å². The second kappa shape index (κ2) is 6.52. The van der Waals surface area contributed by atoms with Gasteiger partial charge in [-0.05, 0) is 42.5 Å². The van der Waals surface area contributed by atoms with Crippen LogP contribution in [0.4, 0.5) is 18.9 Å². The normalized spacial score (nSPS) is 12.1. The Balaban J connectivity index is 2.48. The quantitative estimate of drug-likeness (QED) is 0.800. The molecule has 2 aromatic rings. The van der Waals surface area contributed by atoms with E-state index in [1.807, 2.05) is 0 Å². The van der Waals surface area contributed by atoms with Gasteiger partial charge in [0.1, 0.15) is 5.75 Å². The molecule has 9 heteroatoms. The summed E-state index contributed by atoms with van der Waals surface area (Å²) in [6, 6.07) is 7.98. The van der Waals surface area contributed by atoms with Gasteiger partial charge >= 0.3 is 6.18 Å². The fraction of sp³-hybridized carbons (Fsp3) is 0.200. The molecule has 0 aromatic heterocycles. The SMILES string of the molecule is COc1ccc(S(=O)(=O)N(C)c2cc(C(F)(F)F)ccc2Cl)cc1. The standard InChI is InChI=1S/C15H13ClF3NO3S/c1-20(14-9-10(15(17,18)19)3-8-13(14)16)24(21,22)12-6-4-11(23-2)5-7-12/h3-9H,1-2H3. The van der Waals surface area contributed by atoms with Crippen LogP contribution in [0.25, 0.3) is 0 Å². The third kappa shape index (κ3) is 3.59. The number of anilines is 1. The van der Waals surface area contributed by atoms with Crippen LogP contribution in [0, 0.1) is 0 Å². The van der Waals surface area contributed by atoms with E-state index in [-0.39, 0.29) is 15.6 Å². The Morgan fingerprint density at radius 1 is 1.08 bits per heavy atom. The zero-order valence-corrected chi connectivity index (χ0v) is 14.2. The molecule has 0 unspecified atom stereocenters. The Kier molecular flexibility index (Phi) is 5.00. The Morgan fingerprint density at radius 3 is 2.17 bits per heavy atom. The molecule has 2 rings (SSSR count). The Morgan fingerprint density at radius 2 is 1.67 bits per heavy atom. The topological polar surface area (TPSA) is 46.6 Å². The van der Waals surface area contributed by atoms with Crippen LogP contribution in [-0.2, 0) is 16.2 Å². The summed E-state index contributed by atoms with van der Waals surface area (Å²) in [6.45, 7) is 0. The van der Waals surface area contributed by atoms with E-state index in [1.54, 1.807) is 0 Å². The highest BCUT2D eigenvalue weighted by molar-refractivity contribution is 7.92. The molecule has 0 N–H and O–H groups in total. The van der Waals surface area contributed by atoms with Crippen molar-refractivity contribution in [3.63, 3.8) is 0 Å². The highest BCUT2D eigenvalue weighted by Gasteiger charge is 2.32. The number of benzene rings is 2. The van der Waals surface area contributed by atoms with Gasteiger partial charge in [0.2, 0.25) is 0 Å². The highest BCUT2D eigenvalue weighted by atomic mass is 35.5. The molecule has 0 fully saturated rings. The van der Waals surface area contributed by atoms with E-state index >= 15 is 0 Å². The lowest BCUT2D eigenvalue weighted by atomic mass is 10.2. The van der Waals surface area contributed by atoms with Crippen molar-refractivity contribution in [2.24, 2.45) is 0 Å². The van der Waals surface area contributed by atoms with Crippen LogP contribution in [-0.4, -0.2) is 22.6 Å². The maximum absolute atomic E-state index is 12.8. The second-order valence-corrected chi connectivity index (χ2v) is 7.19. The number of hydrogen-bond acceptors (Lipinski definition) is 3. The van der Waals surface area contributed by atoms with E-state index in [0.29, 0.717) is 16.1 Å². The van der Waals surface area contributed by atoms with Gasteiger partial charge in [-0.3, -0.25) is 4.31 Å². The predicted molar refractivity (Wildman–Crippen MR) is 85.0 cm³/mol. The van der Waals surface area contributed by atoms with E-state index in [2.05, 4.69) is 0 Å². The number of rotatable bonds is 4. The molecule has 0 radical (unpaired) electrons. The highest BCUT2D eigenvalue weighted by Crippen LogP contribution is 2.36. The fourth-order valence-electron chi connectivity index (χ4n) is 1.97. The van der Waals surface area contributed by atoms with Crippen LogP contribution < -0.4 is 9.04 Å². The number of methoxy groups -OCH3 is 1. The molecule has 0 heterocycles. The lowest BCUT2D eigenvalue weighted by molar-refractivity contribution is -0.137. The van der Waals surface area contributed by atoms with Gasteiger partial charge in [-0.2, -0.15) is 13.2 Å². The molecule has 0 amide bonds. The van der Waals surface area contributed by atoms with E-state index < -0.39 is 21.8 Å². The predicted octanol–water partition coefficient (Wildman–Crippen LogP) is 4.19. The largest absolute Gasteiger partial charge is 0.497 e. The maximum atomic E-state index is 12.8. The Bertz CT molecular complexity index is 836. The fourth-order valence-corrected chi connectivity index (χ4v) is 3.47. The van der Waals surface area contributed by atoms with Crippen molar-refractivity contribution >= 4 is 27.3 Å². The zero-order chi connectivity index (χ0) is 18.1. The number of ether oxygens (including phenoxy) is 1. The zero-order valence-electron chi connectivity index (χ0n) is 12.6. The van der Waals surface area contributed by atoms with Crippen molar-refractivity contribution < 1.29 is 26.3 Å².